The lowest BCUT2D eigenvalue weighted by Crippen LogP contribution is -2.53. The molecule has 0 aliphatic carbocycles. The molecule has 3 amide bonds. The van der Waals surface area contributed by atoms with Gasteiger partial charge in [-0.2, -0.15) is 0 Å². The molecule has 0 fully saturated rings. The molecule has 0 aromatic heterocycles. The van der Waals surface area contributed by atoms with Crippen molar-refractivity contribution in [3.63, 3.8) is 0 Å². The summed E-state index contributed by atoms with van der Waals surface area (Å²) < 4.78 is 0. The van der Waals surface area contributed by atoms with Crippen LogP contribution in [0.2, 0.25) is 0 Å². The Morgan fingerprint density at radius 3 is 2.27 bits per heavy atom. The van der Waals surface area contributed by atoms with Crippen LogP contribution in [0.4, 0.5) is 5.69 Å². The van der Waals surface area contributed by atoms with Crippen molar-refractivity contribution < 1.29 is 19.3 Å². The fourth-order valence-electron chi connectivity index (χ4n) is 2.52. The van der Waals surface area contributed by atoms with Crippen molar-refractivity contribution in [2.24, 2.45) is 11.7 Å². The Balaban J connectivity index is 2.97. The average Bonchev–Trinajstić information content (AvgIpc) is 2.52. The van der Waals surface area contributed by atoms with E-state index in [1.54, 1.807) is 6.07 Å². The first-order valence-corrected chi connectivity index (χ1v) is 8.20. The summed E-state index contributed by atoms with van der Waals surface area (Å²) >= 11 is 0. The van der Waals surface area contributed by atoms with E-state index in [0.29, 0.717) is 6.42 Å². The number of carbonyl (C=O) groups excluding carboxylic acids is 3. The van der Waals surface area contributed by atoms with Gasteiger partial charge in [0.05, 0.1) is 4.92 Å². The van der Waals surface area contributed by atoms with E-state index in [9.17, 15) is 24.5 Å². The molecule has 0 saturated carbocycles. The first-order chi connectivity index (χ1) is 12.1. The van der Waals surface area contributed by atoms with E-state index in [0.717, 1.165) is 0 Å². The molecule has 9 nitrogen and oxygen atoms in total. The number of para-hydroxylation sites is 1. The van der Waals surface area contributed by atoms with Crippen LogP contribution in [0.5, 0.6) is 0 Å². The summed E-state index contributed by atoms with van der Waals surface area (Å²) in [6, 6.07) is 3.97. The van der Waals surface area contributed by atoms with Gasteiger partial charge in [-0.3, -0.25) is 24.5 Å². The van der Waals surface area contributed by atoms with Gasteiger partial charge < -0.3 is 16.4 Å². The Morgan fingerprint density at radius 2 is 1.77 bits per heavy atom. The summed E-state index contributed by atoms with van der Waals surface area (Å²) in [5.41, 5.74) is 5.47. The highest BCUT2D eigenvalue weighted by atomic mass is 16.6. The molecule has 4 N–H and O–H groups in total. The van der Waals surface area contributed by atoms with Crippen LogP contribution in [0.1, 0.15) is 32.8 Å². The van der Waals surface area contributed by atoms with Gasteiger partial charge in [0, 0.05) is 25.0 Å². The molecule has 142 valence electrons. The zero-order valence-electron chi connectivity index (χ0n) is 15.0. The van der Waals surface area contributed by atoms with Crippen LogP contribution in [0, 0.1) is 16.0 Å². The van der Waals surface area contributed by atoms with Gasteiger partial charge in [-0.1, -0.05) is 32.0 Å². The molecule has 0 aliphatic heterocycles. The summed E-state index contributed by atoms with van der Waals surface area (Å²) in [7, 11) is 0. The first-order valence-electron chi connectivity index (χ1n) is 8.20. The van der Waals surface area contributed by atoms with E-state index in [-0.39, 0.29) is 29.5 Å². The predicted octanol–water partition coefficient (Wildman–Crippen LogP) is 0.658. The lowest BCUT2D eigenvalue weighted by atomic mass is 10.0. The Hall–Kier alpha value is -2.97. The molecule has 0 spiro atoms. The van der Waals surface area contributed by atoms with Crippen molar-refractivity contribution in [2.75, 3.05) is 0 Å². The van der Waals surface area contributed by atoms with Crippen LogP contribution in [0.25, 0.3) is 0 Å². The highest BCUT2D eigenvalue weighted by Crippen LogP contribution is 2.19. The Bertz CT molecular complexity index is 689. The minimum Gasteiger partial charge on any atom is -0.368 e. The van der Waals surface area contributed by atoms with Gasteiger partial charge in [0.15, 0.2) is 0 Å². The fraction of sp³-hybridized carbons (Fsp3) is 0.471. The summed E-state index contributed by atoms with van der Waals surface area (Å²) in [4.78, 5) is 46.1. The van der Waals surface area contributed by atoms with E-state index in [2.05, 4.69) is 10.6 Å². The third kappa shape index (κ3) is 6.50. The Kier molecular flexibility index (Phi) is 7.70. The molecular formula is C17H24N4O5. The molecule has 2 atom stereocenters. The van der Waals surface area contributed by atoms with Crippen LogP contribution in [0.3, 0.4) is 0 Å². The number of nitro benzene ring substituents is 1. The summed E-state index contributed by atoms with van der Waals surface area (Å²) in [6.07, 6.45) is 0.259. The number of amides is 3. The Morgan fingerprint density at radius 1 is 1.15 bits per heavy atom. The van der Waals surface area contributed by atoms with E-state index in [1.807, 2.05) is 13.8 Å². The highest BCUT2D eigenvalue weighted by Gasteiger charge is 2.27. The van der Waals surface area contributed by atoms with Crippen LogP contribution in [-0.2, 0) is 20.8 Å². The number of nitrogens with one attached hydrogen (secondary N) is 2. The smallest absolute Gasteiger partial charge is 0.272 e. The molecule has 0 saturated heterocycles. The van der Waals surface area contributed by atoms with Gasteiger partial charge in [-0.05, 0) is 12.3 Å². The van der Waals surface area contributed by atoms with Gasteiger partial charge in [-0.25, -0.2) is 0 Å². The van der Waals surface area contributed by atoms with Crippen molar-refractivity contribution in [2.45, 2.75) is 45.7 Å². The maximum Gasteiger partial charge on any atom is 0.272 e. The zero-order chi connectivity index (χ0) is 19.9. The lowest BCUT2D eigenvalue weighted by molar-refractivity contribution is -0.385. The van der Waals surface area contributed by atoms with Crippen LogP contribution in [-0.4, -0.2) is 34.7 Å². The molecule has 1 rings (SSSR count). The highest BCUT2D eigenvalue weighted by molar-refractivity contribution is 5.91. The third-order valence-electron chi connectivity index (χ3n) is 3.67. The quantitative estimate of drug-likeness (QED) is 0.435. The van der Waals surface area contributed by atoms with Crippen molar-refractivity contribution >= 4 is 23.4 Å². The van der Waals surface area contributed by atoms with Gasteiger partial charge in [0.25, 0.3) is 5.69 Å². The first kappa shape index (κ1) is 21.1. The number of rotatable bonds is 9. The Labute approximate surface area is 151 Å². The number of hydrogen-bond acceptors (Lipinski definition) is 5. The second-order valence-corrected chi connectivity index (χ2v) is 6.44. The van der Waals surface area contributed by atoms with E-state index < -0.39 is 28.8 Å². The van der Waals surface area contributed by atoms with E-state index in [1.165, 1.54) is 25.1 Å². The number of primary amides is 1. The maximum absolute atomic E-state index is 12.5. The summed E-state index contributed by atoms with van der Waals surface area (Å²) in [5, 5.41) is 16.1. The molecule has 1 aromatic rings. The minimum absolute atomic E-state index is 0.118. The number of hydrogen-bond donors (Lipinski definition) is 3. The molecule has 0 unspecified atom stereocenters. The van der Waals surface area contributed by atoms with Gasteiger partial charge in [0.2, 0.25) is 17.7 Å². The van der Waals surface area contributed by atoms with Gasteiger partial charge in [-0.15, -0.1) is 0 Å². The van der Waals surface area contributed by atoms with Crippen LogP contribution < -0.4 is 16.4 Å². The average molecular weight is 364 g/mol. The van der Waals surface area contributed by atoms with Crippen molar-refractivity contribution in [1.29, 1.82) is 0 Å². The number of benzene rings is 1. The molecule has 0 radical (unpaired) electrons. The molecule has 0 bridgehead atoms. The van der Waals surface area contributed by atoms with Crippen molar-refractivity contribution in [3.05, 3.63) is 39.9 Å². The third-order valence-corrected chi connectivity index (χ3v) is 3.67. The van der Waals surface area contributed by atoms with Gasteiger partial charge >= 0.3 is 0 Å². The summed E-state index contributed by atoms with van der Waals surface area (Å²) in [5.74, 6) is -1.63. The van der Waals surface area contributed by atoms with Crippen LogP contribution >= 0.6 is 0 Å². The van der Waals surface area contributed by atoms with Gasteiger partial charge in [0.1, 0.15) is 12.1 Å². The fourth-order valence-corrected chi connectivity index (χ4v) is 2.52. The maximum atomic E-state index is 12.5. The molecular weight excluding hydrogens is 340 g/mol. The molecule has 0 heterocycles. The largest absolute Gasteiger partial charge is 0.368 e. The summed E-state index contributed by atoms with van der Waals surface area (Å²) in [6.45, 7) is 5.07. The molecule has 1 aromatic carbocycles. The number of nitrogens with two attached hydrogens (primary N) is 1. The standard InChI is InChI=1S/C17H24N4O5/c1-10(2)8-14(19-11(3)22)17(24)20-13(16(18)23)9-12-6-4-5-7-15(12)21(25)26/h4-7,10,13-14H,8-9H2,1-3H3,(H2,18,23)(H,19,22)(H,20,24)/t13-,14+/m1/s1. The SMILES string of the molecule is CC(=O)N[C@@H](CC(C)C)C(=O)N[C@H](Cc1ccccc1[N+](=O)[O-])C(N)=O. The monoisotopic (exact) mass is 364 g/mol. The molecule has 9 heteroatoms. The lowest BCUT2D eigenvalue weighted by Gasteiger charge is -2.22. The minimum atomic E-state index is -1.13. The molecule has 0 aliphatic rings. The van der Waals surface area contributed by atoms with E-state index >= 15 is 0 Å². The second kappa shape index (κ2) is 9.50. The molecule has 26 heavy (non-hydrogen) atoms. The number of nitrogens with zero attached hydrogens (tertiary/aromatic N) is 1. The topological polar surface area (TPSA) is 144 Å². The normalized spacial score (nSPS) is 12.9. The van der Waals surface area contributed by atoms with Crippen molar-refractivity contribution in [3.8, 4) is 0 Å². The van der Waals surface area contributed by atoms with E-state index in [4.69, 9.17) is 5.73 Å². The predicted molar refractivity (Wildman–Crippen MR) is 95.0 cm³/mol. The van der Waals surface area contributed by atoms with Crippen molar-refractivity contribution in [1.82, 2.24) is 10.6 Å². The van der Waals surface area contributed by atoms with Crippen LogP contribution in [0.15, 0.2) is 24.3 Å². The second-order valence-electron chi connectivity index (χ2n) is 6.44. The number of nitro groups is 1. The number of carbonyl (C=O) groups is 3. The zero-order valence-corrected chi connectivity index (χ0v) is 15.0.